The van der Waals surface area contributed by atoms with Gasteiger partial charge in [0.05, 0.1) is 7.11 Å². The summed E-state index contributed by atoms with van der Waals surface area (Å²) in [5.41, 5.74) is 1.17. The van der Waals surface area contributed by atoms with Crippen LogP contribution in [0.2, 0.25) is 5.02 Å². The molecule has 112 valence electrons. The van der Waals surface area contributed by atoms with Gasteiger partial charge >= 0.3 is 0 Å². The minimum atomic E-state index is 0.592. The van der Waals surface area contributed by atoms with Crippen molar-refractivity contribution in [2.45, 2.75) is 32.9 Å². The summed E-state index contributed by atoms with van der Waals surface area (Å²) in [4.78, 5) is 2.48. The van der Waals surface area contributed by atoms with Crippen LogP contribution in [-0.4, -0.2) is 37.7 Å². The summed E-state index contributed by atoms with van der Waals surface area (Å²) in [7, 11) is 1.71. The van der Waals surface area contributed by atoms with E-state index in [-0.39, 0.29) is 0 Å². The molecule has 0 aliphatic carbocycles. The molecule has 1 heterocycles. The molecule has 3 nitrogen and oxygen atoms in total. The van der Waals surface area contributed by atoms with E-state index in [9.17, 15) is 0 Å². The fourth-order valence-corrected chi connectivity index (χ4v) is 3.07. The number of piperazine rings is 1. The van der Waals surface area contributed by atoms with Crippen LogP contribution >= 0.6 is 11.6 Å². The molecule has 1 N–H and O–H groups in total. The van der Waals surface area contributed by atoms with Gasteiger partial charge in [0.15, 0.2) is 0 Å². The number of benzene rings is 1. The summed E-state index contributed by atoms with van der Waals surface area (Å²) in [6.45, 7) is 8.68. The van der Waals surface area contributed by atoms with Gasteiger partial charge in [0.2, 0.25) is 0 Å². The highest BCUT2D eigenvalue weighted by molar-refractivity contribution is 6.30. The van der Waals surface area contributed by atoms with Crippen molar-refractivity contribution < 1.29 is 4.74 Å². The Morgan fingerprint density at radius 3 is 2.95 bits per heavy atom. The van der Waals surface area contributed by atoms with E-state index in [4.69, 9.17) is 16.3 Å². The maximum atomic E-state index is 6.10. The minimum Gasteiger partial charge on any atom is -0.496 e. The number of rotatable bonds is 5. The predicted octanol–water partition coefficient (Wildman–Crippen LogP) is 3.17. The molecular formula is C16H25ClN2O. The summed E-state index contributed by atoms with van der Waals surface area (Å²) >= 11 is 6.10. The molecule has 1 aliphatic heterocycles. The van der Waals surface area contributed by atoms with Crippen molar-refractivity contribution in [2.75, 3.05) is 26.7 Å². The van der Waals surface area contributed by atoms with Gasteiger partial charge in [-0.15, -0.1) is 0 Å². The Kier molecular flexibility index (Phi) is 5.70. The molecule has 0 radical (unpaired) electrons. The van der Waals surface area contributed by atoms with Crippen molar-refractivity contribution in [3.8, 4) is 5.75 Å². The molecule has 2 rings (SSSR count). The molecule has 1 aliphatic rings. The second-order valence-electron chi connectivity index (χ2n) is 5.97. The lowest BCUT2D eigenvalue weighted by Crippen LogP contribution is -2.50. The van der Waals surface area contributed by atoms with E-state index >= 15 is 0 Å². The number of nitrogens with zero attached hydrogens (tertiary/aromatic N) is 1. The van der Waals surface area contributed by atoms with E-state index in [0.717, 1.165) is 42.9 Å². The molecular weight excluding hydrogens is 272 g/mol. The lowest BCUT2D eigenvalue weighted by molar-refractivity contribution is 0.178. The Hall–Kier alpha value is -0.770. The number of ether oxygens (including phenoxy) is 1. The Morgan fingerprint density at radius 1 is 1.45 bits per heavy atom. The van der Waals surface area contributed by atoms with Crippen molar-refractivity contribution >= 4 is 11.6 Å². The van der Waals surface area contributed by atoms with Crippen LogP contribution in [0, 0.1) is 5.92 Å². The molecule has 1 saturated heterocycles. The van der Waals surface area contributed by atoms with E-state index in [1.807, 2.05) is 18.2 Å². The maximum absolute atomic E-state index is 6.10. The zero-order valence-corrected chi connectivity index (χ0v) is 13.4. The molecule has 0 amide bonds. The number of halogens is 1. The van der Waals surface area contributed by atoms with Crippen LogP contribution in [0.5, 0.6) is 5.75 Å². The number of methoxy groups -OCH3 is 1. The van der Waals surface area contributed by atoms with Crippen LogP contribution in [0.25, 0.3) is 0 Å². The van der Waals surface area contributed by atoms with E-state index in [1.54, 1.807) is 7.11 Å². The van der Waals surface area contributed by atoms with E-state index in [2.05, 4.69) is 24.1 Å². The van der Waals surface area contributed by atoms with Gasteiger partial charge in [-0.05, 0) is 30.5 Å². The molecule has 1 aromatic rings. The van der Waals surface area contributed by atoms with Crippen molar-refractivity contribution in [1.82, 2.24) is 10.2 Å². The molecule has 1 atom stereocenters. The third kappa shape index (κ3) is 4.37. The molecule has 20 heavy (non-hydrogen) atoms. The summed E-state index contributed by atoms with van der Waals surface area (Å²) in [6, 6.07) is 6.43. The summed E-state index contributed by atoms with van der Waals surface area (Å²) in [6.07, 6.45) is 1.23. The second-order valence-corrected chi connectivity index (χ2v) is 6.41. The fraction of sp³-hybridized carbons (Fsp3) is 0.625. The molecule has 0 saturated carbocycles. The van der Waals surface area contributed by atoms with Gasteiger partial charge in [0.25, 0.3) is 0 Å². The van der Waals surface area contributed by atoms with Gasteiger partial charge in [-0.1, -0.05) is 25.4 Å². The largest absolute Gasteiger partial charge is 0.496 e. The number of hydrogen-bond acceptors (Lipinski definition) is 3. The molecule has 1 aromatic carbocycles. The lowest BCUT2D eigenvalue weighted by atomic mass is 10.0. The smallest absolute Gasteiger partial charge is 0.123 e. The molecule has 0 aromatic heterocycles. The highest BCUT2D eigenvalue weighted by Gasteiger charge is 2.21. The van der Waals surface area contributed by atoms with Crippen LogP contribution in [0.1, 0.15) is 25.8 Å². The fourth-order valence-electron chi connectivity index (χ4n) is 2.88. The zero-order valence-electron chi connectivity index (χ0n) is 12.7. The van der Waals surface area contributed by atoms with Gasteiger partial charge in [-0.25, -0.2) is 0 Å². The first kappa shape index (κ1) is 15.6. The highest BCUT2D eigenvalue weighted by Crippen LogP contribution is 2.24. The normalized spacial score (nSPS) is 20.4. The van der Waals surface area contributed by atoms with Gasteiger partial charge in [-0.3, -0.25) is 4.90 Å². The zero-order chi connectivity index (χ0) is 14.5. The third-order valence-corrected chi connectivity index (χ3v) is 3.97. The average molecular weight is 297 g/mol. The Labute approximate surface area is 127 Å². The summed E-state index contributed by atoms with van der Waals surface area (Å²) in [5.74, 6) is 1.65. The first-order valence-corrected chi connectivity index (χ1v) is 7.74. The van der Waals surface area contributed by atoms with Gasteiger partial charge in [0.1, 0.15) is 5.75 Å². The molecule has 0 spiro atoms. The number of hydrogen-bond donors (Lipinski definition) is 1. The van der Waals surface area contributed by atoms with E-state index in [1.165, 1.54) is 12.0 Å². The summed E-state index contributed by atoms with van der Waals surface area (Å²) < 4.78 is 5.43. The van der Waals surface area contributed by atoms with Gasteiger partial charge < -0.3 is 10.1 Å². The molecule has 1 unspecified atom stereocenters. The first-order chi connectivity index (χ1) is 9.58. The standard InChI is InChI=1S/C16H25ClN2O/c1-12(2)8-15-11-19(7-6-18-15)10-13-9-14(17)4-5-16(13)20-3/h4-5,9,12,15,18H,6-8,10-11H2,1-3H3. The van der Waals surface area contributed by atoms with Crippen LogP contribution in [0.4, 0.5) is 0 Å². The van der Waals surface area contributed by atoms with E-state index < -0.39 is 0 Å². The quantitative estimate of drug-likeness (QED) is 0.903. The van der Waals surface area contributed by atoms with Gasteiger partial charge in [0, 0.05) is 42.8 Å². The third-order valence-electron chi connectivity index (χ3n) is 3.73. The monoisotopic (exact) mass is 296 g/mol. The summed E-state index contributed by atoms with van der Waals surface area (Å²) in [5, 5.41) is 4.38. The lowest BCUT2D eigenvalue weighted by Gasteiger charge is -2.34. The van der Waals surface area contributed by atoms with Crippen molar-refractivity contribution in [1.29, 1.82) is 0 Å². The molecule has 0 bridgehead atoms. The Morgan fingerprint density at radius 2 is 2.25 bits per heavy atom. The van der Waals surface area contributed by atoms with Crippen molar-refractivity contribution in [3.05, 3.63) is 28.8 Å². The van der Waals surface area contributed by atoms with Crippen LogP contribution in [0.15, 0.2) is 18.2 Å². The Balaban J connectivity index is 2.00. The molecule has 1 fully saturated rings. The van der Waals surface area contributed by atoms with Crippen molar-refractivity contribution in [2.24, 2.45) is 5.92 Å². The van der Waals surface area contributed by atoms with Crippen LogP contribution in [-0.2, 0) is 6.54 Å². The topological polar surface area (TPSA) is 24.5 Å². The SMILES string of the molecule is COc1ccc(Cl)cc1CN1CCNC(CC(C)C)C1. The van der Waals surface area contributed by atoms with E-state index in [0.29, 0.717) is 6.04 Å². The van der Waals surface area contributed by atoms with Gasteiger partial charge in [-0.2, -0.15) is 0 Å². The molecule has 4 heteroatoms. The van der Waals surface area contributed by atoms with Crippen molar-refractivity contribution in [3.63, 3.8) is 0 Å². The first-order valence-electron chi connectivity index (χ1n) is 7.36. The predicted molar refractivity (Wildman–Crippen MR) is 84.5 cm³/mol. The van der Waals surface area contributed by atoms with Crippen LogP contribution in [0.3, 0.4) is 0 Å². The minimum absolute atomic E-state index is 0.592. The number of nitrogens with one attached hydrogen (secondary N) is 1. The van der Waals surface area contributed by atoms with Crippen LogP contribution < -0.4 is 10.1 Å². The highest BCUT2D eigenvalue weighted by atomic mass is 35.5. The second kappa shape index (κ2) is 7.30. The maximum Gasteiger partial charge on any atom is 0.123 e. The Bertz CT molecular complexity index is 436. The average Bonchev–Trinajstić information content (AvgIpc) is 2.38.